The van der Waals surface area contributed by atoms with Gasteiger partial charge in [-0.1, -0.05) is 105 Å². The third-order valence-electron chi connectivity index (χ3n) is 2.80. The van der Waals surface area contributed by atoms with Crippen molar-refractivity contribution in [2.75, 3.05) is 0 Å². The Morgan fingerprint density at radius 3 is 0.882 bits per heavy atom. The molecular formula is C6H18I6Si5. The van der Waals surface area contributed by atoms with E-state index in [0.717, 1.165) is 0 Å². The highest BCUT2D eigenvalue weighted by molar-refractivity contribution is 14.4. The fraction of sp³-hybridized carbons (Fsp3) is 1.00. The highest BCUT2D eigenvalue weighted by atomic mass is 127. The van der Waals surface area contributed by atoms with Gasteiger partial charge >= 0.3 is 0 Å². The monoisotopic (exact) mass is 991 g/mol. The van der Waals surface area contributed by atoms with Crippen molar-refractivity contribution in [3.63, 3.8) is 0 Å². The molecule has 0 aliphatic rings. The van der Waals surface area contributed by atoms with Crippen LogP contribution in [0.25, 0.3) is 0 Å². The predicted octanol–water partition coefficient (Wildman–Crippen LogP) is 6.91. The van der Waals surface area contributed by atoms with E-state index in [9.17, 15) is 0 Å². The standard InChI is InChI=1S/C6H18I6Si5/c1-13(2,3)16(10,11)17(12,14(4,5)6)15(7,8)9/h1-6H3. The summed E-state index contributed by atoms with van der Waals surface area (Å²) in [5, 5.41) is 0. The molecule has 0 amide bonds. The smallest absolute Gasteiger partial charge is 0.124 e. The highest BCUT2D eigenvalue weighted by Gasteiger charge is 2.72. The van der Waals surface area contributed by atoms with Gasteiger partial charge in [-0.25, -0.2) is 0 Å². The van der Waals surface area contributed by atoms with Crippen molar-refractivity contribution in [2.45, 2.75) is 39.3 Å². The van der Waals surface area contributed by atoms with Crippen LogP contribution in [0, 0.1) is 0 Å². The van der Waals surface area contributed by atoms with Gasteiger partial charge in [-0.2, -0.15) is 0 Å². The topological polar surface area (TPSA) is 0 Å². The van der Waals surface area contributed by atoms with E-state index < -0.39 is 21.5 Å². The molecule has 0 saturated carbocycles. The molecule has 0 rings (SSSR count). The van der Waals surface area contributed by atoms with E-state index in [0.29, 0.717) is 0 Å². The molecular weight excluding hydrogens is 974 g/mol. The van der Waals surface area contributed by atoms with E-state index >= 15 is 0 Å². The molecule has 11 heteroatoms. The lowest BCUT2D eigenvalue weighted by atomic mass is 11.8. The van der Waals surface area contributed by atoms with Crippen LogP contribution in [-0.2, 0) is 0 Å². The zero-order valence-corrected chi connectivity index (χ0v) is 28.7. The van der Waals surface area contributed by atoms with Gasteiger partial charge in [0.15, 0.2) is 6.23 Å². The Bertz CT molecular complexity index is 273. The zero-order valence-electron chi connectivity index (χ0n) is 10.8. The van der Waals surface area contributed by atoms with Gasteiger partial charge in [0, 0.05) is 7.59 Å². The Hall–Kier alpha value is 5.46. The third kappa shape index (κ3) is 4.73. The van der Waals surface area contributed by atoms with Crippen LogP contribution < -0.4 is 0 Å². The van der Waals surface area contributed by atoms with E-state index in [1.165, 1.54) is 0 Å². The number of hydrogen-bond acceptors (Lipinski definition) is 0. The third-order valence-corrected chi connectivity index (χ3v) is 258. The van der Waals surface area contributed by atoms with Crippen LogP contribution in [0.3, 0.4) is 0 Å². The van der Waals surface area contributed by atoms with Crippen LogP contribution in [-0.4, -0.2) is 21.5 Å². The van der Waals surface area contributed by atoms with Crippen LogP contribution >= 0.6 is 131 Å². The maximum absolute atomic E-state index is 3.08. The van der Waals surface area contributed by atoms with Crippen LogP contribution in [0.5, 0.6) is 0 Å². The second-order valence-corrected chi connectivity index (χ2v) is 132. The van der Waals surface area contributed by atoms with Gasteiger partial charge in [-0.15, -0.1) is 65.4 Å². The van der Waals surface area contributed by atoms with Crippen LogP contribution in [0.1, 0.15) is 0 Å². The van der Waals surface area contributed by atoms with Crippen LogP contribution in [0.4, 0.5) is 0 Å². The van der Waals surface area contributed by atoms with E-state index in [-0.39, 0.29) is 0 Å². The summed E-state index contributed by atoms with van der Waals surface area (Å²) < 4.78 is -3.37. The minimum Gasteiger partial charge on any atom is -0.124 e. The van der Waals surface area contributed by atoms with E-state index in [1.54, 1.807) is 0 Å². The zero-order chi connectivity index (χ0) is 14.5. The quantitative estimate of drug-likeness (QED) is 0.163. The Balaban J connectivity index is 6.04. The summed E-state index contributed by atoms with van der Waals surface area (Å²) in [5.74, 6) is 0. The summed E-state index contributed by atoms with van der Waals surface area (Å²) in [4.78, 5) is 0. The van der Waals surface area contributed by atoms with Crippen LogP contribution in [0.2, 0.25) is 39.3 Å². The molecule has 0 radical (unpaired) electrons. The lowest BCUT2D eigenvalue weighted by Gasteiger charge is -2.52. The first kappa shape index (κ1) is 22.5. The van der Waals surface area contributed by atoms with Crippen molar-refractivity contribution in [3.8, 4) is 0 Å². The Labute approximate surface area is 187 Å². The molecule has 1 atom stereocenters. The van der Waals surface area contributed by atoms with Crippen LogP contribution in [0.15, 0.2) is 0 Å². The fourth-order valence-corrected chi connectivity index (χ4v) is 368. The molecule has 0 bridgehead atoms. The summed E-state index contributed by atoms with van der Waals surface area (Å²) >= 11 is 17.8. The number of halogens is 6. The second-order valence-electron chi connectivity index (χ2n) is 6.23. The SMILES string of the molecule is C[Si](C)(C)[Si](I)(I)[Si](I)([Si](C)(C)C)[Si](I)(I)I. The summed E-state index contributed by atoms with van der Waals surface area (Å²) in [6, 6.07) is 0. The molecule has 0 aromatic heterocycles. The molecule has 1 unspecified atom stereocenters. The molecule has 0 heterocycles. The van der Waals surface area contributed by atoms with Gasteiger partial charge in [-0.3, -0.25) is 0 Å². The van der Waals surface area contributed by atoms with Crippen molar-refractivity contribution in [2.24, 2.45) is 0 Å². The molecule has 0 aromatic rings. The predicted molar refractivity (Wildman–Crippen MR) is 148 cm³/mol. The van der Waals surface area contributed by atoms with Gasteiger partial charge < -0.3 is 0 Å². The maximum Gasteiger partial charge on any atom is 0.249 e. The normalized spacial score (nSPS) is 19.1. The average Bonchev–Trinajstić information content (AvgIpc) is 1.95. The summed E-state index contributed by atoms with van der Waals surface area (Å²) in [7, 11) is -2.06. The summed E-state index contributed by atoms with van der Waals surface area (Å²) in [6.07, 6.45) is 0. The first-order chi connectivity index (χ1) is 7.00. The van der Waals surface area contributed by atoms with E-state index in [1.807, 2.05) is 0 Å². The molecule has 17 heavy (non-hydrogen) atoms. The second kappa shape index (κ2) is 7.15. The van der Waals surface area contributed by atoms with Gasteiger partial charge in [0.25, 0.3) is 0 Å². The molecule has 0 aliphatic carbocycles. The Morgan fingerprint density at radius 1 is 0.529 bits per heavy atom. The molecule has 0 aromatic carbocycles. The lowest BCUT2D eigenvalue weighted by Crippen LogP contribution is -2.81. The summed E-state index contributed by atoms with van der Waals surface area (Å²) in [6.45, 7) is 15.8. The fourth-order valence-electron chi connectivity index (χ4n) is 1.59. The molecule has 0 N–H and O–H groups in total. The van der Waals surface area contributed by atoms with Gasteiger partial charge in [0.2, 0.25) is 0.0813 Å². The minimum absolute atomic E-state index is 1.02. The molecule has 0 spiro atoms. The Morgan fingerprint density at radius 2 is 0.824 bits per heavy atom. The minimum atomic E-state index is -1.13. The Kier molecular flexibility index (Phi) is 9.44. The van der Waals surface area contributed by atoms with Crippen molar-refractivity contribution in [1.29, 1.82) is 0 Å². The molecule has 0 nitrogen and oxygen atoms in total. The van der Waals surface area contributed by atoms with Gasteiger partial charge in [0.05, 0.1) is 7.59 Å². The lowest BCUT2D eigenvalue weighted by molar-refractivity contribution is 1.84. The van der Waals surface area contributed by atoms with E-state index in [2.05, 4.69) is 170 Å². The van der Waals surface area contributed by atoms with Gasteiger partial charge in [0.1, 0.15) is 0 Å². The molecule has 0 fully saturated rings. The maximum atomic E-state index is 3.08. The average molecular weight is 992 g/mol. The van der Waals surface area contributed by atoms with Crippen molar-refractivity contribution in [3.05, 3.63) is 0 Å². The number of hydrogen-bond donors (Lipinski definition) is 0. The first-order valence-electron chi connectivity index (χ1n) is 5.13. The first-order valence-corrected chi connectivity index (χ1v) is 40.8. The summed E-state index contributed by atoms with van der Waals surface area (Å²) in [5.41, 5.74) is 0. The largest absolute Gasteiger partial charge is 0.249 e. The van der Waals surface area contributed by atoms with Crippen molar-refractivity contribution >= 4 is 152 Å². The number of rotatable bonds is 4. The molecule has 0 saturated heterocycles. The van der Waals surface area contributed by atoms with Crippen molar-refractivity contribution < 1.29 is 0 Å². The molecule has 0 aliphatic heterocycles. The van der Waals surface area contributed by atoms with Crippen molar-refractivity contribution in [1.82, 2.24) is 0 Å². The highest BCUT2D eigenvalue weighted by Crippen LogP contribution is 2.57. The van der Waals surface area contributed by atoms with Gasteiger partial charge in [-0.05, 0) is 0 Å². The molecule has 104 valence electrons. The van der Waals surface area contributed by atoms with E-state index in [4.69, 9.17) is 0 Å².